The number of aromatic nitrogens is 4. The molecule has 4 N–H and O–H groups in total. The third-order valence-corrected chi connectivity index (χ3v) is 13.5. The number of amides is 4. The van der Waals surface area contributed by atoms with E-state index in [4.69, 9.17) is 19.4 Å². The minimum Gasteiger partial charge on any atom is -0.453 e. The second-order valence-electron chi connectivity index (χ2n) is 14.9. The molecule has 0 bridgehead atoms. The Kier molecular flexibility index (Phi) is 11.4. The number of thiophene rings is 2. The van der Waals surface area contributed by atoms with Crippen LogP contribution in [0.15, 0.2) is 122 Å². The number of hydrogen-bond donors (Lipinski definition) is 4. The summed E-state index contributed by atoms with van der Waals surface area (Å²) in [6.45, 7) is 0.931. The molecule has 62 heavy (non-hydrogen) atoms. The molecule has 4 atom stereocenters. The lowest BCUT2D eigenvalue weighted by Crippen LogP contribution is -2.43. The van der Waals surface area contributed by atoms with Crippen LogP contribution >= 0.6 is 22.7 Å². The molecule has 3 aromatic carbocycles. The van der Waals surface area contributed by atoms with Gasteiger partial charge in [0.25, 0.3) is 11.8 Å². The van der Waals surface area contributed by atoms with Crippen LogP contribution in [0.2, 0.25) is 0 Å². The van der Waals surface area contributed by atoms with Gasteiger partial charge in [0.2, 0.25) is 0 Å². The van der Waals surface area contributed by atoms with Crippen molar-refractivity contribution in [3.05, 3.63) is 144 Å². The summed E-state index contributed by atoms with van der Waals surface area (Å²) in [5, 5.41) is 5.41. The number of benzene rings is 3. The molecule has 7 aromatic rings. The molecule has 0 saturated carbocycles. The number of aromatic amines is 2. The first-order valence-corrected chi connectivity index (χ1v) is 21.7. The van der Waals surface area contributed by atoms with Gasteiger partial charge in [-0.25, -0.2) is 19.6 Å². The SMILES string of the molecule is COC(=O)N[C@@H](C(=O)N1CC=C[C@H]1c1nc(-c2ccc(-c3cc4sc(-c5c[nH]c([C@@H]6CCCN6C(=O)[C@H](NC(=O)OC)c6ccccc6)n5)cc4s3)cc2)c[nH]1)c1ccccc1. The van der Waals surface area contributed by atoms with E-state index in [0.717, 1.165) is 54.5 Å². The molecule has 1 fully saturated rings. The number of ether oxygens (including phenoxy) is 2. The van der Waals surface area contributed by atoms with Gasteiger partial charge in [0, 0.05) is 45.3 Å². The van der Waals surface area contributed by atoms with Crippen LogP contribution in [0.5, 0.6) is 0 Å². The van der Waals surface area contributed by atoms with Gasteiger partial charge in [-0.05, 0) is 41.7 Å². The topological polar surface area (TPSA) is 175 Å². The van der Waals surface area contributed by atoms with Gasteiger partial charge in [-0.2, -0.15) is 0 Å². The van der Waals surface area contributed by atoms with Crippen molar-refractivity contribution in [1.29, 1.82) is 0 Å². The molecule has 0 aliphatic carbocycles. The minimum atomic E-state index is -0.920. The molecule has 0 unspecified atom stereocenters. The first-order valence-electron chi connectivity index (χ1n) is 20.1. The summed E-state index contributed by atoms with van der Waals surface area (Å²) in [6.07, 6.45) is 7.82. The van der Waals surface area contributed by atoms with Gasteiger partial charge < -0.3 is 39.9 Å². The molecule has 9 rings (SSSR count). The van der Waals surface area contributed by atoms with E-state index in [-0.39, 0.29) is 17.9 Å². The van der Waals surface area contributed by atoms with E-state index < -0.39 is 30.3 Å². The molecule has 0 spiro atoms. The van der Waals surface area contributed by atoms with Gasteiger partial charge in [-0.3, -0.25) is 9.59 Å². The molecule has 314 valence electrons. The number of nitrogens with zero attached hydrogens (tertiary/aromatic N) is 4. The number of nitrogens with one attached hydrogen (secondary N) is 4. The number of H-pyrrole nitrogens is 2. The van der Waals surface area contributed by atoms with Crippen LogP contribution in [0, 0.1) is 0 Å². The summed E-state index contributed by atoms with van der Waals surface area (Å²) >= 11 is 3.39. The van der Waals surface area contributed by atoms with E-state index in [2.05, 4.69) is 44.9 Å². The molecule has 6 heterocycles. The average Bonchev–Trinajstić information content (AvgIpc) is 4.17. The van der Waals surface area contributed by atoms with Crippen molar-refractivity contribution in [3.8, 4) is 32.3 Å². The van der Waals surface area contributed by atoms with Crippen molar-refractivity contribution in [1.82, 2.24) is 40.4 Å². The number of carbonyl (C=O) groups is 4. The van der Waals surface area contributed by atoms with Crippen molar-refractivity contribution in [2.75, 3.05) is 27.3 Å². The summed E-state index contributed by atoms with van der Waals surface area (Å²) in [6, 6.07) is 28.4. The summed E-state index contributed by atoms with van der Waals surface area (Å²) in [4.78, 5) is 74.4. The minimum absolute atomic E-state index is 0.209. The monoisotopic (exact) mass is 866 g/mol. The Balaban J connectivity index is 0.870. The second kappa shape index (κ2) is 17.5. The average molecular weight is 867 g/mol. The molecule has 14 nitrogen and oxygen atoms in total. The van der Waals surface area contributed by atoms with Gasteiger partial charge in [-0.15, -0.1) is 22.7 Å². The van der Waals surface area contributed by atoms with E-state index in [0.29, 0.717) is 35.9 Å². The lowest BCUT2D eigenvalue weighted by Gasteiger charge is -2.28. The number of methoxy groups -OCH3 is 2. The zero-order chi connectivity index (χ0) is 42.7. The number of hydrogen-bond acceptors (Lipinski definition) is 10. The Morgan fingerprint density at radius 3 is 1.89 bits per heavy atom. The summed E-state index contributed by atoms with van der Waals surface area (Å²) in [7, 11) is 2.55. The zero-order valence-electron chi connectivity index (χ0n) is 33.7. The van der Waals surface area contributed by atoms with Gasteiger partial charge >= 0.3 is 12.2 Å². The maximum absolute atomic E-state index is 13.9. The predicted octanol–water partition coefficient (Wildman–Crippen LogP) is 8.71. The third-order valence-electron chi connectivity index (χ3n) is 11.1. The molecule has 0 radical (unpaired) electrons. The van der Waals surface area contributed by atoms with Crippen LogP contribution in [-0.4, -0.2) is 81.0 Å². The standard InChI is InChI=1S/C46H42N8O6S2/c1-59-45(57)51-39(29-11-5-3-6-12-29)43(55)53-21-9-15-33(53)41-47-25-31(49-41)27-17-19-28(20-18-27)35-23-37-38(61-35)24-36(62-37)32-26-48-42(50-32)34-16-10-22-54(34)44(56)40(52-46(58)60-2)30-13-7-4-8-14-30/h3-9,11-15,17-20,23-26,33-34,39-40H,10,16,21-22H2,1-2H3,(H,47,49)(H,48,50)(H,51,57)(H,52,58)/t33-,34-,39+,40+/m0/s1. The highest BCUT2D eigenvalue weighted by Crippen LogP contribution is 2.42. The van der Waals surface area contributed by atoms with Crippen LogP contribution in [0.4, 0.5) is 9.59 Å². The molecule has 4 aromatic heterocycles. The van der Waals surface area contributed by atoms with E-state index >= 15 is 0 Å². The normalized spacial score (nSPS) is 16.9. The quantitative estimate of drug-likeness (QED) is 0.0935. The van der Waals surface area contributed by atoms with E-state index in [1.54, 1.807) is 44.6 Å². The number of rotatable bonds is 11. The molecule has 1 saturated heterocycles. The van der Waals surface area contributed by atoms with Crippen LogP contribution in [0.3, 0.4) is 0 Å². The highest BCUT2D eigenvalue weighted by atomic mass is 32.1. The first kappa shape index (κ1) is 40.4. The summed E-state index contributed by atoms with van der Waals surface area (Å²) < 4.78 is 12.0. The largest absolute Gasteiger partial charge is 0.453 e. The highest BCUT2D eigenvalue weighted by Gasteiger charge is 2.38. The Labute approximate surface area is 364 Å². The molecular weight excluding hydrogens is 825 g/mol. The lowest BCUT2D eigenvalue weighted by atomic mass is 10.1. The van der Waals surface area contributed by atoms with Gasteiger partial charge in [0.05, 0.1) is 36.5 Å². The number of imidazole rings is 2. The van der Waals surface area contributed by atoms with Crippen LogP contribution in [0.25, 0.3) is 41.7 Å². The highest BCUT2D eigenvalue weighted by molar-refractivity contribution is 7.31. The smallest absolute Gasteiger partial charge is 0.407 e. The van der Waals surface area contributed by atoms with Gasteiger partial charge in [-0.1, -0.05) is 97.1 Å². The van der Waals surface area contributed by atoms with Gasteiger partial charge in [0.1, 0.15) is 29.8 Å². The molecule has 2 aliphatic heterocycles. The molecule has 2 aliphatic rings. The second-order valence-corrected chi connectivity index (χ2v) is 17.0. The fourth-order valence-corrected chi connectivity index (χ4v) is 10.4. The summed E-state index contributed by atoms with van der Waals surface area (Å²) in [5.74, 6) is 0.852. The Bertz CT molecular complexity index is 2730. The van der Waals surface area contributed by atoms with Crippen molar-refractivity contribution in [2.45, 2.75) is 37.0 Å². The van der Waals surface area contributed by atoms with Crippen molar-refractivity contribution >= 4 is 56.1 Å². The van der Waals surface area contributed by atoms with E-state index in [1.165, 1.54) is 14.2 Å². The maximum atomic E-state index is 13.9. The zero-order valence-corrected chi connectivity index (χ0v) is 35.4. The fourth-order valence-electron chi connectivity index (χ4n) is 8.03. The van der Waals surface area contributed by atoms with E-state index in [1.807, 2.05) is 85.2 Å². The fraction of sp³-hybridized carbons (Fsp3) is 0.217. The lowest BCUT2D eigenvalue weighted by molar-refractivity contribution is -0.135. The first-order chi connectivity index (χ1) is 30.3. The maximum Gasteiger partial charge on any atom is 0.407 e. The predicted molar refractivity (Wildman–Crippen MR) is 237 cm³/mol. The number of fused-ring (bicyclic) bond motifs is 1. The van der Waals surface area contributed by atoms with E-state index in [9.17, 15) is 19.2 Å². The Hall–Kier alpha value is -7.04. The molecule has 4 amide bonds. The number of alkyl carbamates (subject to hydrolysis) is 2. The molecule has 16 heteroatoms. The third kappa shape index (κ3) is 8.09. The van der Waals surface area contributed by atoms with Crippen molar-refractivity contribution < 1.29 is 28.7 Å². The van der Waals surface area contributed by atoms with Crippen molar-refractivity contribution in [2.24, 2.45) is 0 Å². The molecular formula is C46H42N8O6S2. The Morgan fingerprint density at radius 2 is 1.24 bits per heavy atom. The summed E-state index contributed by atoms with van der Waals surface area (Å²) in [5.41, 5.74) is 4.92. The van der Waals surface area contributed by atoms with Gasteiger partial charge in [0.15, 0.2) is 0 Å². The number of likely N-dealkylation sites (tertiary alicyclic amines) is 1. The van der Waals surface area contributed by atoms with Crippen LogP contribution in [0.1, 0.15) is 59.8 Å². The van der Waals surface area contributed by atoms with Crippen LogP contribution in [-0.2, 0) is 19.1 Å². The Morgan fingerprint density at radius 1 is 0.694 bits per heavy atom. The van der Waals surface area contributed by atoms with Crippen molar-refractivity contribution in [3.63, 3.8) is 0 Å². The number of carbonyl (C=O) groups excluding carboxylic acids is 4. The van der Waals surface area contributed by atoms with Crippen LogP contribution < -0.4 is 10.6 Å².